The SMILES string of the molecule is COCCN(C)CCNC(=O)N1CCCC(C(=O)O)C1. The third-order valence-electron chi connectivity index (χ3n) is 3.50. The van der Waals surface area contributed by atoms with Gasteiger partial charge in [-0.3, -0.25) is 4.79 Å². The average Bonchev–Trinajstić information content (AvgIpc) is 2.45. The first-order valence-electron chi connectivity index (χ1n) is 6.97. The summed E-state index contributed by atoms with van der Waals surface area (Å²) in [6.45, 7) is 3.71. The molecule has 0 aliphatic carbocycles. The standard InChI is InChI=1S/C13H25N3O4/c1-15(8-9-20-2)7-5-14-13(19)16-6-3-4-11(10-16)12(17)18/h11H,3-10H2,1-2H3,(H,14,19)(H,17,18). The maximum atomic E-state index is 11.9. The molecule has 2 N–H and O–H groups in total. The van der Waals surface area contributed by atoms with E-state index >= 15 is 0 Å². The molecule has 1 atom stereocenters. The van der Waals surface area contributed by atoms with E-state index in [2.05, 4.69) is 10.2 Å². The highest BCUT2D eigenvalue weighted by Crippen LogP contribution is 2.16. The van der Waals surface area contributed by atoms with Crippen molar-refractivity contribution in [2.45, 2.75) is 12.8 Å². The maximum absolute atomic E-state index is 11.9. The second-order valence-electron chi connectivity index (χ2n) is 5.15. The molecular weight excluding hydrogens is 262 g/mol. The van der Waals surface area contributed by atoms with Crippen LogP contribution in [0.2, 0.25) is 0 Å². The molecule has 1 aliphatic rings. The van der Waals surface area contributed by atoms with Crippen LogP contribution in [0, 0.1) is 5.92 Å². The van der Waals surface area contributed by atoms with E-state index in [4.69, 9.17) is 9.84 Å². The first-order chi connectivity index (χ1) is 9.54. The number of carbonyl (C=O) groups is 2. The van der Waals surface area contributed by atoms with Crippen molar-refractivity contribution in [3.05, 3.63) is 0 Å². The zero-order chi connectivity index (χ0) is 15.0. The highest BCUT2D eigenvalue weighted by molar-refractivity contribution is 5.76. The van der Waals surface area contributed by atoms with Crippen molar-refractivity contribution in [3.63, 3.8) is 0 Å². The summed E-state index contributed by atoms with van der Waals surface area (Å²) in [6, 6.07) is -0.170. The minimum absolute atomic E-state index is 0.170. The van der Waals surface area contributed by atoms with Gasteiger partial charge in [-0.05, 0) is 19.9 Å². The van der Waals surface area contributed by atoms with Gasteiger partial charge in [0.15, 0.2) is 0 Å². The first-order valence-corrected chi connectivity index (χ1v) is 6.97. The number of methoxy groups -OCH3 is 1. The number of likely N-dealkylation sites (tertiary alicyclic amines) is 1. The van der Waals surface area contributed by atoms with Crippen LogP contribution in [-0.4, -0.2) is 80.4 Å². The predicted molar refractivity (Wildman–Crippen MR) is 74.7 cm³/mol. The monoisotopic (exact) mass is 287 g/mol. The zero-order valence-corrected chi connectivity index (χ0v) is 12.3. The highest BCUT2D eigenvalue weighted by atomic mass is 16.5. The van der Waals surface area contributed by atoms with Crippen LogP contribution in [0.25, 0.3) is 0 Å². The Morgan fingerprint density at radius 2 is 2.20 bits per heavy atom. The second-order valence-corrected chi connectivity index (χ2v) is 5.15. The van der Waals surface area contributed by atoms with Gasteiger partial charge in [0.2, 0.25) is 0 Å². The molecule has 0 bridgehead atoms. The van der Waals surface area contributed by atoms with E-state index in [0.29, 0.717) is 32.7 Å². The van der Waals surface area contributed by atoms with E-state index in [1.807, 2.05) is 7.05 Å². The fraction of sp³-hybridized carbons (Fsp3) is 0.846. The number of carboxylic acids is 1. The van der Waals surface area contributed by atoms with Crippen LogP contribution >= 0.6 is 0 Å². The van der Waals surface area contributed by atoms with E-state index in [9.17, 15) is 9.59 Å². The van der Waals surface area contributed by atoms with Crippen molar-refractivity contribution in [2.24, 2.45) is 5.92 Å². The number of aliphatic carboxylic acids is 1. The van der Waals surface area contributed by atoms with Crippen molar-refractivity contribution in [3.8, 4) is 0 Å². The number of likely N-dealkylation sites (N-methyl/N-ethyl adjacent to an activating group) is 1. The van der Waals surface area contributed by atoms with E-state index < -0.39 is 11.9 Å². The number of amides is 2. The normalized spacial score (nSPS) is 19.1. The lowest BCUT2D eigenvalue weighted by atomic mass is 9.99. The Morgan fingerprint density at radius 1 is 1.45 bits per heavy atom. The molecule has 116 valence electrons. The topological polar surface area (TPSA) is 82.1 Å². The molecule has 1 saturated heterocycles. The molecule has 1 unspecified atom stereocenters. The molecule has 0 saturated carbocycles. The molecule has 2 amide bonds. The van der Waals surface area contributed by atoms with Crippen LogP contribution in [0.5, 0.6) is 0 Å². The van der Waals surface area contributed by atoms with Gasteiger partial charge in [0.05, 0.1) is 12.5 Å². The molecule has 0 aromatic carbocycles. The van der Waals surface area contributed by atoms with Gasteiger partial charge >= 0.3 is 12.0 Å². The van der Waals surface area contributed by atoms with E-state index in [-0.39, 0.29) is 6.03 Å². The Kier molecular flexibility index (Phi) is 7.32. The van der Waals surface area contributed by atoms with Crippen molar-refractivity contribution in [1.82, 2.24) is 15.1 Å². The van der Waals surface area contributed by atoms with Gasteiger partial charge in [-0.25, -0.2) is 4.79 Å². The number of nitrogens with zero attached hydrogens (tertiary/aromatic N) is 2. The fourth-order valence-electron chi connectivity index (χ4n) is 2.19. The Bertz CT molecular complexity index is 325. The number of nitrogens with one attached hydrogen (secondary N) is 1. The van der Waals surface area contributed by atoms with Crippen LogP contribution in [0.3, 0.4) is 0 Å². The summed E-state index contributed by atoms with van der Waals surface area (Å²) in [5, 5.41) is 11.8. The lowest BCUT2D eigenvalue weighted by Crippen LogP contribution is -2.48. The molecule has 1 aliphatic heterocycles. The van der Waals surface area contributed by atoms with Crippen LogP contribution in [0.1, 0.15) is 12.8 Å². The highest BCUT2D eigenvalue weighted by Gasteiger charge is 2.27. The summed E-state index contributed by atoms with van der Waals surface area (Å²) >= 11 is 0. The Morgan fingerprint density at radius 3 is 2.85 bits per heavy atom. The van der Waals surface area contributed by atoms with Gasteiger partial charge in [-0.2, -0.15) is 0 Å². The van der Waals surface area contributed by atoms with Crippen molar-refractivity contribution < 1.29 is 19.4 Å². The lowest BCUT2D eigenvalue weighted by molar-refractivity contribution is -0.143. The van der Waals surface area contributed by atoms with E-state index in [0.717, 1.165) is 19.5 Å². The third-order valence-corrected chi connectivity index (χ3v) is 3.50. The molecule has 1 heterocycles. The van der Waals surface area contributed by atoms with Crippen LogP contribution in [0.4, 0.5) is 4.79 Å². The number of carbonyl (C=O) groups excluding carboxylic acids is 1. The number of piperidine rings is 1. The van der Waals surface area contributed by atoms with E-state index in [1.165, 1.54) is 0 Å². The number of ether oxygens (including phenoxy) is 1. The van der Waals surface area contributed by atoms with E-state index in [1.54, 1.807) is 12.0 Å². The Labute approximate surface area is 119 Å². The van der Waals surface area contributed by atoms with Gasteiger partial charge in [-0.1, -0.05) is 0 Å². The molecule has 7 nitrogen and oxygen atoms in total. The molecule has 7 heteroatoms. The number of hydrogen-bond acceptors (Lipinski definition) is 4. The van der Waals surface area contributed by atoms with Gasteiger partial charge in [0.25, 0.3) is 0 Å². The summed E-state index contributed by atoms with van der Waals surface area (Å²) in [5.41, 5.74) is 0. The van der Waals surface area contributed by atoms with Crippen molar-refractivity contribution in [2.75, 3.05) is 53.5 Å². The molecule has 1 rings (SSSR count). The van der Waals surface area contributed by atoms with Crippen molar-refractivity contribution >= 4 is 12.0 Å². The number of carboxylic acid groups (broad SMARTS) is 1. The molecule has 1 fully saturated rings. The largest absolute Gasteiger partial charge is 0.481 e. The van der Waals surface area contributed by atoms with Crippen LogP contribution in [0.15, 0.2) is 0 Å². The van der Waals surface area contributed by atoms with Gasteiger partial charge in [-0.15, -0.1) is 0 Å². The molecular formula is C13H25N3O4. The summed E-state index contributed by atoms with van der Waals surface area (Å²) in [6.07, 6.45) is 1.40. The number of hydrogen-bond donors (Lipinski definition) is 2. The molecule has 0 radical (unpaired) electrons. The molecule has 20 heavy (non-hydrogen) atoms. The lowest BCUT2D eigenvalue weighted by Gasteiger charge is -2.31. The minimum Gasteiger partial charge on any atom is -0.481 e. The fourth-order valence-corrected chi connectivity index (χ4v) is 2.19. The summed E-state index contributed by atoms with van der Waals surface area (Å²) in [5.74, 6) is -1.25. The summed E-state index contributed by atoms with van der Waals surface area (Å²) < 4.78 is 4.98. The van der Waals surface area contributed by atoms with Crippen LogP contribution < -0.4 is 5.32 Å². The Hall–Kier alpha value is -1.34. The minimum atomic E-state index is -0.818. The predicted octanol–water partition coefficient (Wildman–Crippen LogP) is 0.0708. The molecule has 0 aromatic heterocycles. The summed E-state index contributed by atoms with van der Waals surface area (Å²) in [4.78, 5) is 26.6. The Balaban J connectivity index is 2.23. The average molecular weight is 287 g/mol. The number of urea groups is 1. The van der Waals surface area contributed by atoms with Crippen molar-refractivity contribution in [1.29, 1.82) is 0 Å². The molecule has 0 aromatic rings. The van der Waals surface area contributed by atoms with Gasteiger partial charge in [0.1, 0.15) is 0 Å². The summed E-state index contributed by atoms with van der Waals surface area (Å²) in [7, 11) is 3.62. The quantitative estimate of drug-likeness (QED) is 0.692. The van der Waals surface area contributed by atoms with Gasteiger partial charge < -0.3 is 25.0 Å². The number of rotatable bonds is 7. The third kappa shape index (κ3) is 5.75. The van der Waals surface area contributed by atoms with Gasteiger partial charge in [0, 0.05) is 39.8 Å². The maximum Gasteiger partial charge on any atom is 0.317 e. The zero-order valence-electron chi connectivity index (χ0n) is 12.3. The second kappa shape index (κ2) is 8.76. The first kappa shape index (κ1) is 16.7. The molecule has 0 spiro atoms. The van der Waals surface area contributed by atoms with Crippen LogP contribution in [-0.2, 0) is 9.53 Å². The smallest absolute Gasteiger partial charge is 0.317 e.